The summed E-state index contributed by atoms with van der Waals surface area (Å²) in [5.74, 6) is -0.654. The van der Waals surface area contributed by atoms with Gasteiger partial charge in [-0.05, 0) is 6.92 Å². The molecule has 3 heteroatoms. The van der Waals surface area contributed by atoms with Gasteiger partial charge in [-0.15, -0.1) is 0 Å². The van der Waals surface area contributed by atoms with E-state index in [1.165, 1.54) is 0 Å². The second-order valence-electron chi connectivity index (χ2n) is 3.49. The number of benzene rings is 1. The van der Waals surface area contributed by atoms with Crippen LogP contribution in [0.3, 0.4) is 0 Å². The van der Waals surface area contributed by atoms with Crippen molar-refractivity contribution in [2.75, 3.05) is 13.6 Å². The SMILES string of the molecule is C/C=C/CN(C)C(=C(O)O)c1ccccc1. The molecule has 1 rings (SSSR count). The van der Waals surface area contributed by atoms with Gasteiger partial charge in [-0.25, -0.2) is 0 Å². The Balaban J connectivity index is 2.98. The van der Waals surface area contributed by atoms with Crippen molar-refractivity contribution in [1.29, 1.82) is 0 Å². The highest BCUT2D eigenvalue weighted by Gasteiger charge is 2.11. The smallest absolute Gasteiger partial charge is 0.299 e. The average molecular weight is 219 g/mol. The van der Waals surface area contributed by atoms with Gasteiger partial charge in [0.1, 0.15) is 5.70 Å². The molecule has 0 spiro atoms. The Bertz CT molecular complexity index is 378. The Morgan fingerprint density at radius 1 is 1.25 bits per heavy atom. The van der Waals surface area contributed by atoms with Gasteiger partial charge in [0.15, 0.2) is 0 Å². The van der Waals surface area contributed by atoms with Crippen molar-refractivity contribution in [2.45, 2.75) is 6.92 Å². The molecule has 3 nitrogen and oxygen atoms in total. The summed E-state index contributed by atoms with van der Waals surface area (Å²) in [5.41, 5.74) is 1.22. The van der Waals surface area contributed by atoms with Crippen molar-refractivity contribution in [3.8, 4) is 0 Å². The van der Waals surface area contributed by atoms with E-state index in [0.717, 1.165) is 5.56 Å². The van der Waals surface area contributed by atoms with Crippen molar-refractivity contribution < 1.29 is 10.2 Å². The summed E-state index contributed by atoms with van der Waals surface area (Å²) in [7, 11) is 1.81. The minimum atomic E-state index is -0.654. The lowest BCUT2D eigenvalue weighted by atomic mass is 10.1. The molecule has 0 radical (unpaired) electrons. The van der Waals surface area contributed by atoms with Crippen LogP contribution in [0, 0.1) is 0 Å². The van der Waals surface area contributed by atoms with Crippen molar-refractivity contribution in [2.24, 2.45) is 0 Å². The van der Waals surface area contributed by atoms with Crippen LogP contribution < -0.4 is 0 Å². The van der Waals surface area contributed by atoms with Crippen LogP contribution in [0.2, 0.25) is 0 Å². The minimum Gasteiger partial charge on any atom is -0.480 e. The highest BCUT2D eigenvalue weighted by atomic mass is 16.5. The molecule has 0 aromatic heterocycles. The van der Waals surface area contributed by atoms with Gasteiger partial charge in [0, 0.05) is 19.2 Å². The first-order valence-electron chi connectivity index (χ1n) is 5.16. The summed E-state index contributed by atoms with van der Waals surface area (Å²) in [5, 5.41) is 18.6. The van der Waals surface area contributed by atoms with E-state index in [-0.39, 0.29) is 0 Å². The van der Waals surface area contributed by atoms with Crippen LogP contribution in [-0.2, 0) is 0 Å². The molecule has 2 N–H and O–H groups in total. The second kappa shape index (κ2) is 5.85. The van der Waals surface area contributed by atoms with E-state index in [0.29, 0.717) is 12.2 Å². The van der Waals surface area contributed by atoms with Crippen molar-refractivity contribution in [1.82, 2.24) is 4.90 Å². The van der Waals surface area contributed by atoms with Crippen LogP contribution in [0.1, 0.15) is 12.5 Å². The fourth-order valence-corrected chi connectivity index (χ4v) is 1.47. The maximum atomic E-state index is 9.30. The maximum Gasteiger partial charge on any atom is 0.299 e. The van der Waals surface area contributed by atoms with E-state index < -0.39 is 5.95 Å². The zero-order valence-corrected chi connectivity index (χ0v) is 9.59. The summed E-state index contributed by atoms with van der Waals surface area (Å²) in [6.07, 6.45) is 3.87. The third kappa shape index (κ3) is 3.05. The number of rotatable bonds is 4. The first-order chi connectivity index (χ1) is 7.66. The maximum absolute atomic E-state index is 9.30. The number of allylic oxidation sites excluding steroid dienone is 1. The van der Waals surface area contributed by atoms with Gasteiger partial charge in [0.2, 0.25) is 0 Å². The van der Waals surface area contributed by atoms with Gasteiger partial charge in [-0.2, -0.15) is 0 Å². The number of hydrogen-bond acceptors (Lipinski definition) is 3. The van der Waals surface area contributed by atoms with Gasteiger partial charge in [0.25, 0.3) is 5.95 Å². The summed E-state index contributed by atoms with van der Waals surface area (Å²) in [4.78, 5) is 1.78. The Hall–Kier alpha value is -1.90. The predicted octanol–water partition coefficient (Wildman–Crippen LogP) is 2.94. The molecule has 0 saturated heterocycles. The molecule has 0 saturated carbocycles. The molecule has 0 amide bonds. The topological polar surface area (TPSA) is 43.7 Å². The molecular formula is C13H17NO2. The van der Waals surface area contributed by atoms with Crippen LogP contribution >= 0.6 is 0 Å². The van der Waals surface area contributed by atoms with Crippen LogP contribution in [-0.4, -0.2) is 28.7 Å². The standard InChI is InChI=1S/C13H17NO2/c1-3-4-10-14(2)12(13(15)16)11-8-6-5-7-9-11/h3-9,15-16H,10H2,1-2H3/b4-3+. The molecule has 0 atom stereocenters. The lowest BCUT2D eigenvalue weighted by Gasteiger charge is -2.20. The summed E-state index contributed by atoms with van der Waals surface area (Å²) >= 11 is 0. The largest absolute Gasteiger partial charge is 0.480 e. The molecule has 0 aliphatic carbocycles. The molecule has 0 bridgehead atoms. The van der Waals surface area contributed by atoms with Gasteiger partial charge in [-0.1, -0.05) is 42.5 Å². The van der Waals surface area contributed by atoms with E-state index in [1.807, 2.05) is 56.5 Å². The number of nitrogens with zero attached hydrogens (tertiary/aromatic N) is 1. The fraction of sp³-hybridized carbons (Fsp3) is 0.231. The Labute approximate surface area is 96.0 Å². The number of hydrogen-bond donors (Lipinski definition) is 2. The molecule has 1 aromatic rings. The Morgan fingerprint density at radius 3 is 2.38 bits per heavy atom. The summed E-state index contributed by atoms with van der Waals surface area (Å²) in [6, 6.07) is 9.30. The van der Waals surface area contributed by atoms with Crippen molar-refractivity contribution >= 4 is 5.70 Å². The van der Waals surface area contributed by atoms with Gasteiger partial charge in [-0.3, -0.25) is 0 Å². The van der Waals surface area contributed by atoms with Crippen molar-refractivity contribution in [3.63, 3.8) is 0 Å². The van der Waals surface area contributed by atoms with Crippen LogP contribution in [0.15, 0.2) is 48.4 Å². The van der Waals surface area contributed by atoms with Gasteiger partial charge >= 0.3 is 0 Å². The number of likely N-dealkylation sites (N-methyl/N-ethyl adjacent to an activating group) is 1. The third-order valence-corrected chi connectivity index (χ3v) is 2.26. The first-order valence-corrected chi connectivity index (χ1v) is 5.16. The molecule has 16 heavy (non-hydrogen) atoms. The van der Waals surface area contributed by atoms with Crippen LogP contribution in [0.25, 0.3) is 5.70 Å². The van der Waals surface area contributed by atoms with E-state index in [4.69, 9.17) is 0 Å². The lowest BCUT2D eigenvalue weighted by Crippen LogP contribution is -2.18. The quantitative estimate of drug-likeness (QED) is 0.604. The molecule has 0 aliphatic rings. The van der Waals surface area contributed by atoms with Crippen LogP contribution in [0.4, 0.5) is 0 Å². The Kier molecular flexibility index (Phi) is 4.45. The van der Waals surface area contributed by atoms with E-state index >= 15 is 0 Å². The molecule has 0 unspecified atom stereocenters. The summed E-state index contributed by atoms with van der Waals surface area (Å²) in [6.45, 7) is 2.56. The summed E-state index contributed by atoms with van der Waals surface area (Å²) < 4.78 is 0. The van der Waals surface area contributed by atoms with Gasteiger partial charge in [0.05, 0.1) is 0 Å². The highest BCUT2D eigenvalue weighted by Crippen LogP contribution is 2.19. The third-order valence-electron chi connectivity index (χ3n) is 2.26. The Morgan fingerprint density at radius 2 is 1.88 bits per heavy atom. The molecule has 0 fully saturated rings. The molecule has 1 aromatic carbocycles. The second-order valence-corrected chi connectivity index (χ2v) is 3.49. The normalized spacial score (nSPS) is 10.4. The highest BCUT2D eigenvalue weighted by molar-refractivity contribution is 5.64. The zero-order valence-electron chi connectivity index (χ0n) is 9.59. The molecule has 0 aliphatic heterocycles. The van der Waals surface area contributed by atoms with E-state index in [9.17, 15) is 10.2 Å². The predicted molar refractivity (Wildman–Crippen MR) is 66.1 cm³/mol. The lowest BCUT2D eigenvalue weighted by molar-refractivity contribution is 0.186. The fourth-order valence-electron chi connectivity index (χ4n) is 1.47. The van der Waals surface area contributed by atoms with Crippen molar-refractivity contribution in [3.05, 3.63) is 54.0 Å². The number of aliphatic hydroxyl groups is 2. The molecule has 86 valence electrons. The zero-order chi connectivity index (χ0) is 12.0. The molecule has 0 heterocycles. The average Bonchev–Trinajstić information content (AvgIpc) is 2.27. The van der Waals surface area contributed by atoms with Crippen LogP contribution in [0.5, 0.6) is 0 Å². The van der Waals surface area contributed by atoms with E-state index in [1.54, 1.807) is 4.90 Å². The number of aliphatic hydroxyl groups excluding tert-OH is 1. The van der Waals surface area contributed by atoms with Gasteiger partial charge < -0.3 is 15.1 Å². The molecular weight excluding hydrogens is 202 g/mol. The monoisotopic (exact) mass is 219 g/mol. The first kappa shape index (κ1) is 12.2. The van der Waals surface area contributed by atoms with E-state index in [2.05, 4.69) is 0 Å². The minimum absolute atomic E-state index is 0.429.